The van der Waals surface area contributed by atoms with Crippen LogP contribution in [0.2, 0.25) is 10.0 Å². The third-order valence-corrected chi connectivity index (χ3v) is 6.09. The first-order chi connectivity index (χ1) is 17.1. The molecule has 0 atom stereocenters. The third-order valence-electron chi connectivity index (χ3n) is 5.50. The summed E-state index contributed by atoms with van der Waals surface area (Å²) in [6.45, 7) is 0.299. The second kappa shape index (κ2) is 10.2. The number of amides is 1. The number of hydrogen-bond acceptors (Lipinski definition) is 3. The van der Waals surface area contributed by atoms with E-state index in [2.05, 4.69) is 5.10 Å². The second-order valence-corrected chi connectivity index (χ2v) is 8.77. The predicted molar refractivity (Wildman–Crippen MR) is 142 cm³/mol. The van der Waals surface area contributed by atoms with Gasteiger partial charge in [-0.2, -0.15) is 10.1 Å². The lowest BCUT2D eigenvalue weighted by Gasteiger charge is -2.11. The second-order valence-electron chi connectivity index (χ2n) is 7.92. The van der Waals surface area contributed by atoms with Gasteiger partial charge in [0.05, 0.1) is 11.3 Å². The van der Waals surface area contributed by atoms with Crippen LogP contribution < -0.4 is 9.75 Å². The van der Waals surface area contributed by atoms with Crippen LogP contribution in [0.15, 0.2) is 114 Å². The van der Waals surface area contributed by atoms with Crippen molar-refractivity contribution < 1.29 is 9.53 Å². The number of nitrogens with zero attached hydrogens (tertiary/aromatic N) is 2. The first-order valence-corrected chi connectivity index (χ1v) is 11.8. The van der Waals surface area contributed by atoms with E-state index in [1.807, 2.05) is 97.1 Å². The molecule has 0 bridgehead atoms. The molecule has 0 saturated carbocycles. The molecule has 4 nitrogen and oxygen atoms in total. The molecule has 6 heteroatoms. The molecule has 1 heterocycles. The Morgan fingerprint density at radius 3 is 2.31 bits per heavy atom. The van der Waals surface area contributed by atoms with Gasteiger partial charge in [-0.3, -0.25) is 4.79 Å². The zero-order valence-electron chi connectivity index (χ0n) is 18.6. The number of carbonyl (C=O) groups excluding carboxylic acids is 1. The van der Waals surface area contributed by atoms with Crippen LogP contribution in [0.4, 0.5) is 5.69 Å². The van der Waals surface area contributed by atoms with Gasteiger partial charge in [-0.1, -0.05) is 89.9 Å². The Bertz CT molecular complexity index is 1430. The van der Waals surface area contributed by atoms with Crippen molar-refractivity contribution in [1.29, 1.82) is 0 Å². The minimum Gasteiger partial charge on any atom is -0.489 e. The quantitative estimate of drug-likeness (QED) is 0.259. The summed E-state index contributed by atoms with van der Waals surface area (Å²) in [5.41, 5.74) is 4.38. The molecule has 0 fully saturated rings. The normalized spacial score (nSPS) is 14.3. The van der Waals surface area contributed by atoms with Crippen LogP contribution in [-0.4, -0.2) is 11.6 Å². The number of hydrazone groups is 1. The lowest BCUT2D eigenvalue weighted by molar-refractivity contribution is -0.114. The van der Waals surface area contributed by atoms with E-state index < -0.39 is 0 Å². The van der Waals surface area contributed by atoms with E-state index in [0.29, 0.717) is 39.4 Å². The molecule has 0 saturated heterocycles. The number of para-hydroxylation sites is 1. The highest BCUT2D eigenvalue weighted by atomic mass is 35.5. The van der Waals surface area contributed by atoms with Crippen LogP contribution in [0.1, 0.15) is 16.7 Å². The smallest absolute Gasteiger partial charge is 0.281 e. The van der Waals surface area contributed by atoms with Gasteiger partial charge in [0.2, 0.25) is 0 Å². The fraction of sp³-hybridized carbons (Fsp3) is 0.0345. The summed E-state index contributed by atoms with van der Waals surface area (Å²) in [5, 5.41) is 7.25. The average Bonchev–Trinajstić information content (AvgIpc) is 3.20. The van der Waals surface area contributed by atoms with Crippen molar-refractivity contribution in [2.45, 2.75) is 6.61 Å². The Morgan fingerprint density at radius 2 is 1.57 bits per heavy atom. The molecule has 4 aromatic carbocycles. The Labute approximate surface area is 213 Å². The Balaban J connectivity index is 1.45. The summed E-state index contributed by atoms with van der Waals surface area (Å²) in [6.07, 6.45) is 1.85. The van der Waals surface area contributed by atoms with Crippen LogP contribution in [0.3, 0.4) is 0 Å². The maximum atomic E-state index is 13.4. The summed E-state index contributed by atoms with van der Waals surface area (Å²) in [5.74, 6) is 0.475. The molecule has 35 heavy (non-hydrogen) atoms. The van der Waals surface area contributed by atoms with Gasteiger partial charge in [0.25, 0.3) is 5.91 Å². The van der Waals surface area contributed by atoms with Crippen molar-refractivity contribution in [1.82, 2.24) is 0 Å². The standard InChI is InChI=1S/C29H20Cl2N2O2/c30-23-15-14-22(27(31)18-23)19-35-25-13-7-8-20(16-25)17-26-28(21-9-3-1-4-10-21)32-33(29(26)34)24-11-5-2-6-12-24/h1-18H,19H2/b26-17+. The van der Waals surface area contributed by atoms with Gasteiger partial charge in [0.1, 0.15) is 18.1 Å². The molecule has 1 aliphatic rings. The van der Waals surface area contributed by atoms with E-state index in [0.717, 1.165) is 16.7 Å². The van der Waals surface area contributed by atoms with Crippen molar-refractivity contribution >= 4 is 46.6 Å². The molecule has 0 radical (unpaired) electrons. The van der Waals surface area contributed by atoms with Crippen molar-refractivity contribution in [2.75, 3.05) is 5.01 Å². The van der Waals surface area contributed by atoms with Crippen molar-refractivity contribution in [3.05, 3.63) is 135 Å². The lowest BCUT2D eigenvalue weighted by Crippen LogP contribution is -2.21. The van der Waals surface area contributed by atoms with Gasteiger partial charge < -0.3 is 4.74 Å². The fourth-order valence-corrected chi connectivity index (χ4v) is 4.22. The number of hydrogen-bond donors (Lipinski definition) is 0. The average molecular weight is 499 g/mol. The first kappa shape index (κ1) is 22.9. The number of benzene rings is 4. The highest BCUT2D eigenvalue weighted by molar-refractivity contribution is 6.37. The largest absolute Gasteiger partial charge is 0.489 e. The predicted octanol–water partition coefficient (Wildman–Crippen LogP) is 7.41. The Kier molecular flexibility index (Phi) is 6.66. The maximum absolute atomic E-state index is 13.4. The molecule has 172 valence electrons. The molecular formula is C29H20Cl2N2O2. The monoisotopic (exact) mass is 498 g/mol. The summed E-state index contributed by atoms with van der Waals surface area (Å²) >= 11 is 12.2. The molecular weight excluding hydrogens is 479 g/mol. The molecule has 1 amide bonds. The van der Waals surface area contributed by atoms with Gasteiger partial charge in [-0.05, 0) is 48.0 Å². The molecule has 5 rings (SSSR count). The highest BCUT2D eigenvalue weighted by Crippen LogP contribution is 2.29. The minimum absolute atomic E-state index is 0.186. The number of carbonyl (C=O) groups is 1. The summed E-state index contributed by atoms with van der Waals surface area (Å²) < 4.78 is 5.96. The number of halogens is 2. The van der Waals surface area contributed by atoms with Crippen LogP contribution in [0, 0.1) is 0 Å². The molecule has 4 aromatic rings. The zero-order chi connectivity index (χ0) is 24.2. The molecule has 0 aromatic heterocycles. The van der Waals surface area contributed by atoms with Crippen molar-refractivity contribution in [3.63, 3.8) is 0 Å². The van der Waals surface area contributed by atoms with Gasteiger partial charge in [-0.15, -0.1) is 0 Å². The van der Waals surface area contributed by atoms with Crippen molar-refractivity contribution in [2.24, 2.45) is 5.10 Å². The highest BCUT2D eigenvalue weighted by Gasteiger charge is 2.31. The van der Waals surface area contributed by atoms with Gasteiger partial charge in [0, 0.05) is 21.2 Å². The van der Waals surface area contributed by atoms with Gasteiger partial charge in [0.15, 0.2) is 0 Å². The lowest BCUT2D eigenvalue weighted by atomic mass is 10.00. The van der Waals surface area contributed by atoms with Crippen molar-refractivity contribution in [3.8, 4) is 5.75 Å². The molecule has 0 aliphatic carbocycles. The molecule has 0 spiro atoms. The Morgan fingerprint density at radius 1 is 0.829 bits per heavy atom. The van der Waals surface area contributed by atoms with E-state index in [9.17, 15) is 4.79 Å². The first-order valence-electron chi connectivity index (χ1n) is 11.0. The molecule has 1 aliphatic heterocycles. The van der Waals surface area contributed by atoms with E-state index in [4.69, 9.17) is 27.9 Å². The number of ether oxygens (including phenoxy) is 1. The number of rotatable bonds is 6. The van der Waals surface area contributed by atoms with Crippen LogP contribution in [0.25, 0.3) is 6.08 Å². The van der Waals surface area contributed by atoms with Gasteiger partial charge >= 0.3 is 0 Å². The van der Waals surface area contributed by atoms with E-state index in [1.165, 1.54) is 5.01 Å². The molecule has 0 N–H and O–H groups in total. The van der Waals surface area contributed by atoms with Crippen LogP contribution >= 0.6 is 23.2 Å². The Hall–Kier alpha value is -3.86. The number of anilines is 1. The topological polar surface area (TPSA) is 41.9 Å². The molecule has 0 unspecified atom stereocenters. The maximum Gasteiger partial charge on any atom is 0.281 e. The fourth-order valence-electron chi connectivity index (χ4n) is 3.76. The van der Waals surface area contributed by atoms with E-state index in [1.54, 1.807) is 12.1 Å². The van der Waals surface area contributed by atoms with Crippen LogP contribution in [0.5, 0.6) is 5.75 Å². The SMILES string of the molecule is O=C1/C(=C/c2cccc(OCc3ccc(Cl)cc3Cl)c2)C(c2ccccc2)=NN1c1ccccc1. The van der Waals surface area contributed by atoms with Crippen LogP contribution in [-0.2, 0) is 11.4 Å². The summed E-state index contributed by atoms with van der Waals surface area (Å²) in [7, 11) is 0. The summed E-state index contributed by atoms with van der Waals surface area (Å²) in [4.78, 5) is 13.4. The van der Waals surface area contributed by atoms with E-state index in [-0.39, 0.29) is 5.91 Å². The van der Waals surface area contributed by atoms with Gasteiger partial charge in [-0.25, -0.2) is 0 Å². The zero-order valence-corrected chi connectivity index (χ0v) is 20.1. The minimum atomic E-state index is -0.186. The summed E-state index contributed by atoms with van der Waals surface area (Å²) in [6, 6.07) is 32.0. The van der Waals surface area contributed by atoms with E-state index >= 15 is 0 Å². The third kappa shape index (κ3) is 5.14.